The molecule has 1 aromatic rings. The van der Waals surface area contributed by atoms with Crippen LogP contribution >= 0.6 is 11.3 Å². The first-order valence-corrected chi connectivity index (χ1v) is 6.72. The average molecular weight is 270 g/mol. The number of hydrogen-bond acceptors (Lipinski definition) is 5. The summed E-state index contributed by atoms with van der Waals surface area (Å²) >= 11 is 1.36. The fourth-order valence-electron chi connectivity index (χ4n) is 1.49. The van der Waals surface area contributed by atoms with Gasteiger partial charge in [0.2, 0.25) is 5.91 Å². The third-order valence-electron chi connectivity index (χ3n) is 2.37. The molecular formula is C12H18N2O3S. The molecule has 0 radical (unpaired) electrons. The lowest BCUT2D eigenvalue weighted by molar-refractivity contribution is -0.131. The Morgan fingerprint density at radius 3 is 2.67 bits per heavy atom. The molecule has 0 aliphatic rings. The molecule has 0 unspecified atom stereocenters. The Bertz CT molecular complexity index is 429. The van der Waals surface area contributed by atoms with E-state index < -0.39 is 5.97 Å². The molecule has 0 aromatic carbocycles. The third-order valence-corrected chi connectivity index (χ3v) is 3.20. The number of hydrogen-bond donors (Lipinski definition) is 0. The van der Waals surface area contributed by atoms with Crippen LogP contribution in [0, 0.1) is 0 Å². The maximum atomic E-state index is 11.5. The number of amides is 1. The minimum Gasteiger partial charge on any atom is -0.461 e. The standard InChI is InChI=1S/C12H18N2O3S/c1-5-17-12(16)10-7-18-11(13-10)6-14(8(2)3)9(4)15/h7-8H,5-6H2,1-4H3. The van der Waals surface area contributed by atoms with Crippen LogP contribution in [0.1, 0.15) is 43.2 Å². The molecule has 0 atom stereocenters. The van der Waals surface area contributed by atoms with E-state index in [1.165, 1.54) is 18.3 Å². The van der Waals surface area contributed by atoms with Crippen molar-refractivity contribution in [2.75, 3.05) is 6.61 Å². The van der Waals surface area contributed by atoms with Crippen LogP contribution in [-0.4, -0.2) is 34.4 Å². The highest BCUT2D eigenvalue weighted by Crippen LogP contribution is 2.15. The molecule has 1 heterocycles. The van der Waals surface area contributed by atoms with Gasteiger partial charge >= 0.3 is 5.97 Å². The van der Waals surface area contributed by atoms with Gasteiger partial charge in [0.25, 0.3) is 0 Å². The molecule has 100 valence electrons. The number of rotatable bonds is 5. The maximum absolute atomic E-state index is 11.5. The van der Waals surface area contributed by atoms with Crippen LogP contribution in [0.2, 0.25) is 0 Å². The Balaban J connectivity index is 2.74. The number of thiazole rings is 1. The molecule has 0 saturated heterocycles. The predicted octanol–water partition coefficient (Wildman–Crippen LogP) is 2.08. The van der Waals surface area contributed by atoms with Crippen molar-refractivity contribution >= 4 is 23.2 Å². The van der Waals surface area contributed by atoms with Crippen LogP contribution in [0.3, 0.4) is 0 Å². The van der Waals surface area contributed by atoms with E-state index in [1.807, 2.05) is 13.8 Å². The molecule has 6 heteroatoms. The largest absolute Gasteiger partial charge is 0.461 e. The van der Waals surface area contributed by atoms with E-state index in [4.69, 9.17) is 4.74 Å². The quantitative estimate of drug-likeness (QED) is 0.769. The summed E-state index contributed by atoms with van der Waals surface area (Å²) in [5.41, 5.74) is 0.309. The van der Waals surface area contributed by atoms with Crippen LogP contribution < -0.4 is 0 Å². The zero-order chi connectivity index (χ0) is 13.7. The van der Waals surface area contributed by atoms with Gasteiger partial charge in [0.05, 0.1) is 13.2 Å². The van der Waals surface area contributed by atoms with Gasteiger partial charge in [-0.1, -0.05) is 0 Å². The number of carbonyl (C=O) groups excluding carboxylic acids is 2. The van der Waals surface area contributed by atoms with Gasteiger partial charge in [0.15, 0.2) is 5.69 Å². The lowest BCUT2D eigenvalue weighted by Gasteiger charge is -2.23. The number of carbonyl (C=O) groups is 2. The molecular weight excluding hydrogens is 252 g/mol. The average Bonchev–Trinajstić information content (AvgIpc) is 2.73. The topological polar surface area (TPSA) is 59.5 Å². The van der Waals surface area contributed by atoms with Gasteiger partial charge in [-0.15, -0.1) is 11.3 Å². The summed E-state index contributed by atoms with van der Waals surface area (Å²) in [6, 6.07) is 0.109. The number of aromatic nitrogens is 1. The highest BCUT2D eigenvalue weighted by Gasteiger charge is 2.17. The minimum atomic E-state index is -0.418. The Labute approximate surface area is 111 Å². The summed E-state index contributed by atoms with van der Waals surface area (Å²) in [5, 5.41) is 2.40. The van der Waals surface area contributed by atoms with Crippen LogP contribution in [0.4, 0.5) is 0 Å². The molecule has 1 amide bonds. The fourth-order valence-corrected chi connectivity index (χ4v) is 2.25. The lowest BCUT2D eigenvalue weighted by Crippen LogP contribution is -2.34. The number of ether oxygens (including phenoxy) is 1. The van der Waals surface area contributed by atoms with Crippen LogP contribution in [0.15, 0.2) is 5.38 Å². The molecule has 0 N–H and O–H groups in total. The van der Waals surface area contributed by atoms with Crippen molar-refractivity contribution in [1.82, 2.24) is 9.88 Å². The van der Waals surface area contributed by atoms with Gasteiger partial charge in [-0.25, -0.2) is 9.78 Å². The van der Waals surface area contributed by atoms with E-state index in [2.05, 4.69) is 4.98 Å². The zero-order valence-electron chi connectivity index (χ0n) is 11.1. The summed E-state index contributed by atoms with van der Waals surface area (Å²) in [6.45, 7) is 7.93. The molecule has 0 fully saturated rings. The van der Waals surface area contributed by atoms with Crippen molar-refractivity contribution in [2.45, 2.75) is 40.3 Å². The second-order valence-corrected chi connectivity index (χ2v) is 5.03. The minimum absolute atomic E-state index is 0.00196. The summed E-state index contributed by atoms with van der Waals surface area (Å²) in [6.07, 6.45) is 0. The highest BCUT2D eigenvalue weighted by atomic mass is 32.1. The first-order chi connectivity index (χ1) is 8.45. The lowest BCUT2D eigenvalue weighted by atomic mass is 10.3. The number of nitrogens with zero attached hydrogens (tertiary/aromatic N) is 2. The number of esters is 1. The van der Waals surface area contributed by atoms with Crippen LogP contribution in [-0.2, 0) is 16.1 Å². The molecule has 0 aliphatic carbocycles. The van der Waals surface area contributed by atoms with Crippen molar-refractivity contribution in [2.24, 2.45) is 0 Å². The summed E-state index contributed by atoms with van der Waals surface area (Å²) < 4.78 is 4.87. The summed E-state index contributed by atoms with van der Waals surface area (Å²) in [5.74, 6) is -0.420. The van der Waals surface area contributed by atoms with Gasteiger partial charge < -0.3 is 9.64 Å². The first-order valence-electron chi connectivity index (χ1n) is 5.84. The SMILES string of the molecule is CCOC(=O)c1csc(CN(C(C)=O)C(C)C)n1. The third kappa shape index (κ3) is 3.80. The fraction of sp³-hybridized carbons (Fsp3) is 0.583. The smallest absolute Gasteiger partial charge is 0.357 e. The summed E-state index contributed by atoms with van der Waals surface area (Å²) in [7, 11) is 0. The normalized spacial score (nSPS) is 10.5. The van der Waals surface area contributed by atoms with Crippen molar-refractivity contribution in [3.63, 3.8) is 0 Å². The van der Waals surface area contributed by atoms with E-state index in [1.54, 1.807) is 17.2 Å². The Kier molecular flexibility index (Phi) is 5.27. The van der Waals surface area contributed by atoms with Crippen LogP contribution in [0.25, 0.3) is 0 Å². The van der Waals surface area contributed by atoms with E-state index >= 15 is 0 Å². The van der Waals surface area contributed by atoms with Gasteiger partial charge in [0, 0.05) is 18.3 Å². The van der Waals surface area contributed by atoms with Gasteiger partial charge in [-0.2, -0.15) is 0 Å². The molecule has 1 aromatic heterocycles. The molecule has 18 heavy (non-hydrogen) atoms. The second-order valence-electron chi connectivity index (χ2n) is 4.09. The molecule has 0 aliphatic heterocycles. The summed E-state index contributed by atoms with van der Waals surface area (Å²) in [4.78, 5) is 28.8. The van der Waals surface area contributed by atoms with Crippen molar-refractivity contribution in [3.05, 3.63) is 16.1 Å². The Morgan fingerprint density at radius 2 is 2.17 bits per heavy atom. The Morgan fingerprint density at radius 1 is 1.50 bits per heavy atom. The highest BCUT2D eigenvalue weighted by molar-refractivity contribution is 7.09. The van der Waals surface area contributed by atoms with E-state index in [0.717, 1.165) is 5.01 Å². The molecule has 0 bridgehead atoms. The molecule has 5 nitrogen and oxygen atoms in total. The van der Waals surface area contributed by atoms with Crippen molar-refractivity contribution in [1.29, 1.82) is 0 Å². The van der Waals surface area contributed by atoms with Crippen molar-refractivity contribution in [3.8, 4) is 0 Å². The monoisotopic (exact) mass is 270 g/mol. The van der Waals surface area contributed by atoms with Crippen molar-refractivity contribution < 1.29 is 14.3 Å². The second kappa shape index (κ2) is 6.49. The molecule has 0 spiro atoms. The zero-order valence-corrected chi connectivity index (χ0v) is 11.9. The van der Waals surface area contributed by atoms with Gasteiger partial charge in [-0.3, -0.25) is 4.79 Å². The first kappa shape index (κ1) is 14.6. The maximum Gasteiger partial charge on any atom is 0.357 e. The van der Waals surface area contributed by atoms with Gasteiger partial charge in [0.1, 0.15) is 5.01 Å². The van der Waals surface area contributed by atoms with Crippen LogP contribution in [0.5, 0.6) is 0 Å². The van der Waals surface area contributed by atoms with E-state index in [9.17, 15) is 9.59 Å². The van der Waals surface area contributed by atoms with E-state index in [0.29, 0.717) is 18.8 Å². The molecule has 0 saturated carbocycles. The predicted molar refractivity (Wildman–Crippen MR) is 69.4 cm³/mol. The Hall–Kier alpha value is -1.43. The van der Waals surface area contributed by atoms with E-state index in [-0.39, 0.29) is 11.9 Å². The molecule has 1 rings (SSSR count). The van der Waals surface area contributed by atoms with Gasteiger partial charge in [-0.05, 0) is 20.8 Å².